The quantitative estimate of drug-likeness (QED) is 0.0885. The van der Waals surface area contributed by atoms with Crippen LogP contribution in [-0.2, 0) is 20.6 Å². The molecule has 12 heteroatoms. The van der Waals surface area contributed by atoms with Crippen LogP contribution in [0.25, 0.3) is 11.2 Å². The van der Waals surface area contributed by atoms with Crippen LogP contribution < -0.4 is 10.9 Å². The first-order valence-corrected chi connectivity index (χ1v) is 16.6. The molecule has 0 aliphatic carbocycles. The predicted molar refractivity (Wildman–Crippen MR) is 155 cm³/mol. The van der Waals surface area contributed by atoms with Gasteiger partial charge < -0.3 is 29.1 Å². The summed E-state index contributed by atoms with van der Waals surface area (Å²) in [6.45, 7) is 4.62. The lowest BCUT2D eigenvalue weighted by atomic mass is 10.0. The van der Waals surface area contributed by atoms with Gasteiger partial charge >= 0.3 is 7.60 Å². The van der Waals surface area contributed by atoms with Crippen LogP contribution in [0, 0.1) is 0 Å². The van der Waals surface area contributed by atoms with Crippen LogP contribution in [0.1, 0.15) is 103 Å². The van der Waals surface area contributed by atoms with Crippen molar-refractivity contribution in [2.24, 2.45) is 0 Å². The fraction of sp³-hybridized carbons (Fsp3) is 0.815. The van der Waals surface area contributed by atoms with Gasteiger partial charge in [-0.25, -0.2) is 4.98 Å². The van der Waals surface area contributed by atoms with E-state index in [0.29, 0.717) is 24.7 Å². The SMILES string of the molecule is CCCCCCCCCCCCCCCCOCCCNc1nc2c(ncn2CCOCP(=O)(O)O)c(=O)[nH]1. The number of H-pyrrole nitrogens is 1. The van der Waals surface area contributed by atoms with Gasteiger partial charge in [0, 0.05) is 26.3 Å². The van der Waals surface area contributed by atoms with Crippen LogP contribution in [0.4, 0.5) is 5.95 Å². The molecule has 0 bridgehead atoms. The number of hydrogen-bond donors (Lipinski definition) is 4. The Morgan fingerprint density at radius 2 is 1.46 bits per heavy atom. The summed E-state index contributed by atoms with van der Waals surface area (Å²) in [5.74, 6) is 0.345. The lowest BCUT2D eigenvalue weighted by Crippen LogP contribution is -2.16. The third-order valence-electron chi connectivity index (χ3n) is 6.61. The average molecular weight is 572 g/mol. The summed E-state index contributed by atoms with van der Waals surface area (Å²) >= 11 is 0. The Hall–Kier alpha value is -1.78. The van der Waals surface area contributed by atoms with Crippen molar-refractivity contribution in [3.8, 4) is 0 Å². The molecule has 0 atom stereocenters. The molecule has 2 aromatic heterocycles. The van der Waals surface area contributed by atoms with E-state index in [1.807, 2.05) is 0 Å². The molecular formula is C27H50N5O6P. The normalized spacial score (nSPS) is 12.0. The lowest BCUT2D eigenvalue weighted by Gasteiger charge is -2.08. The Bertz CT molecular complexity index is 1010. The monoisotopic (exact) mass is 571 g/mol. The number of aromatic nitrogens is 4. The summed E-state index contributed by atoms with van der Waals surface area (Å²) < 4.78 is 23.2. The highest BCUT2D eigenvalue weighted by atomic mass is 31.2. The van der Waals surface area contributed by atoms with Crippen molar-refractivity contribution >= 4 is 24.7 Å². The van der Waals surface area contributed by atoms with Crippen LogP contribution in [0.3, 0.4) is 0 Å². The maximum atomic E-state index is 12.3. The van der Waals surface area contributed by atoms with Gasteiger partial charge in [-0.2, -0.15) is 4.98 Å². The van der Waals surface area contributed by atoms with Gasteiger partial charge in [0.05, 0.1) is 12.9 Å². The molecule has 2 rings (SSSR count). The zero-order valence-electron chi connectivity index (χ0n) is 23.7. The first-order valence-electron chi connectivity index (χ1n) is 14.8. The van der Waals surface area contributed by atoms with E-state index in [9.17, 15) is 9.36 Å². The number of aromatic amines is 1. The lowest BCUT2D eigenvalue weighted by molar-refractivity contribution is 0.129. The minimum Gasteiger partial charge on any atom is -0.381 e. The highest BCUT2D eigenvalue weighted by Gasteiger charge is 2.14. The minimum atomic E-state index is -4.21. The first-order chi connectivity index (χ1) is 18.9. The molecule has 4 N–H and O–H groups in total. The number of fused-ring (bicyclic) bond motifs is 1. The molecule has 0 unspecified atom stereocenters. The molecule has 224 valence electrons. The molecule has 0 fully saturated rings. The summed E-state index contributed by atoms with van der Waals surface area (Å²) in [4.78, 5) is 41.2. The van der Waals surface area contributed by atoms with E-state index < -0.39 is 13.9 Å². The number of rotatable bonds is 25. The Morgan fingerprint density at radius 1 is 0.872 bits per heavy atom. The second-order valence-electron chi connectivity index (χ2n) is 10.2. The van der Waals surface area contributed by atoms with Gasteiger partial charge in [-0.15, -0.1) is 0 Å². The minimum absolute atomic E-state index is 0.0600. The Labute approximate surface area is 232 Å². The third-order valence-corrected chi connectivity index (χ3v) is 7.13. The molecule has 11 nitrogen and oxygen atoms in total. The predicted octanol–water partition coefficient (Wildman–Crippen LogP) is 5.57. The number of nitrogens with one attached hydrogen (secondary N) is 2. The molecule has 0 saturated carbocycles. The van der Waals surface area contributed by atoms with Crippen molar-refractivity contribution < 1.29 is 23.8 Å². The van der Waals surface area contributed by atoms with Crippen LogP contribution in [0.2, 0.25) is 0 Å². The number of anilines is 1. The number of ether oxygens (including phenoxy) is 2. The molecular weight excluding hydrogens is 521 g/mol. The summed E-state index contributed by atoms with van der Waals surface area (Å²) in [5, 5.41) is 3.11. The Morgan fingerprint density at radius 3 is 2.08 bits per heavy atom. The molecule has 2 heterocycles. The zero-order valence-corrected chi connectivity index (χ0v) is 24.6. The summed E-state index contributed by atoms with van der Waals surface area (Å²) in [5.41, 5.74) is 0.230. The number of imidazole rings is 1. The topological polar surface area (TPSA) is 152 Å². The second-order valence-corrected chi connectivity index (χ2v) is 11.8. The van der Waals surface area contributed by atoms with Gasteiger partial charge in [-0.05, 0) is 12.8 Å². The fourth-order valence-electron chi connectivity index (χ4n) is 4.43. The molecule has 0 aliphatic heterocycles. The van der Waals surface area contributed by atoms with E-state index in [-0.39, 0.29) is 24.2 Å². The van der Waals surface area contributed by atoms with E-state index in [1.165, 1.54) is 89.8 Å². The molecule has 0 radical (unpaired) electrons. The van der Waals surface area contributed by atoms with Crippen molar-refractivity contribution in [1.82, 2.24) is 19.5 Å². The molecule has 0 saturated heterocycles. The van der Waals surface area contributed by atoms with Crippen LogP contribution in [0.15, 0.2) is 11.1 Å². The Kier molecular flexibility index (Phi) is 17.3. The highest BCUT2D eigenvalue weighted by molar-refractivity contribution is 7.51. The van der Waals surface area contributed by atoms with Crippen molar-refractivity contribution in [1.29, 1.82) is 0 Å². The van der Waals surface area contributed by atoms with Crippen molar-refractivity contribution in [2.75, 3.05) is 38.0 Å². The molecule has 2 aromatic rings. The summed E-state index contributed by atoms with van der Waals surface area (Å²) in [7, 11) is -4.21. The van der Waals surface area contributed by atoms with Crippen LogP contribution in [-0.4, -0.2) is 62.0 Å². The molecule has 0 aliphatic rings. The Balaban J connectivity index is 1.47. The van der Waals surface area contributed by atoms with Gasteiger partial charge in [0.25, 0.3) is 5.56 Å². The highest BCUT2D eigenvalue weighted by Crippen LogP contribution is 2.33. The van der Waals surface area contributed by atoms with Crippen LogP contribution in [0.5, 0.6) is 0 Å². The van der Waals surface area contributed by atoms with Gasteiger partial charge in [0.2, 0.25) is 5.95 Å². The smallest absolute Gasteiger partial charge is 0.350 e. The van der Waals surface area contributed by atoms with Crippen molar-refractivity contribution in [3.63, 3.8) is 0 Å². The van der Waals surface area contributed by atoms with Gasteiger partial charge in [-0.1, -0.05) is 90.4 Å². The molecule has 39 heavy (non-hydrogen) atoms. The van der Waals surface area contributed by atoms with E-state index in [4.69, 9.17) is 19.3 Å². The first kappa shape index (κ1) is 33.4. The maximum Gasteiger partial charge on any atom is 0.350 e. The number of nitrogens with zero attached hydrogens (tertiary/aromatic N) is 3. The van der Waals surface area contributed by atoms with Gasteiger partial charge in [-0.3, -0.25) is 14.3 Å². The number of hydrogen-bond acceptors (Lipinski definition) is 7. The average Bonchev–Trinajstić information content (AvgIpc) is 3.31. The zero-order chi connectivity index (χ0) is 28.2. The third kappa shape index (κ3) is 15.6. The standard InChI is InChI=1S/C27H50N5O6P/c1-2-3-4-5-6-7-8-9-10-11-12-13-14-15-19-37-20-16-17-28-27-30-25-24(26(33)31-27)29-22-32(25)18-21-38-23-39(34,35)36/h22H,2-21,23H2,1H3,(H2,34,35,36)(H2,28,30,31,33). The van der Waals surface area contributed by atoms with E-state index in [0.717, 1.165) is 19.4 Å². The molecule has 0 aromatic carbocycles. The van der Waals surface area contributed by atoms with E-state index >= 15 is 0 Å². The van der Waals surface area contributed by atoms with Crippen LogP contribution >= 0.6 is 7.60 Å². The maximum absolute atomic E-state index is 12.3. The van der Waals surface area contributed by atoms with Gasteiger partial charge in [0.1, 0.15) is 6.35 Å². The molecule has 0 amide bonds. The summed E-state index contributed by atoms with van der Waals surface area (Å²) in [6.07, 6.45) is 20.4. The second kappa shape index (κ2) is 20.2. The fourth-order valence-corrected chi connectivity index (χ4v) is 4.80. The summed E-state index contributed by atoms with van der Waals surface area (Å²) in [6, 6.07) is 0. The van der Waals surface area contributed by atoms with E-state index in [1.54, 1.807) is 4.57 Å². The largest absolute Gasteiger partial charge is 0.381 e. The van der Waals surface area contributed by atoms with Gasteiger partial charge in [0.15, 0.2) is 11.2 Å². The van der Waals surface area contributed by atoms with Crippen molar-refractivity contribution in [3.05, 3.63) is 16.7 Å². The van der Waals surface area contributed by atoms with E-state index in [2.05, 4.69) is 27.2 Å². The molecule has 0 spiro atoms. The number of unbranched alkanes of at least 4 members (excludes halogenated alkanes) is 13. The van der Waals surface area contributed by atoms with Crippen molar-refractivity contribution in [2.45, 2.75) is 110 Å².